The summed E-state index contributed by atoms with van der Waals surface area (Å²) in [5, 5.41) is 0. The maximum Gasteiger partial charge on any atom is 0.242 e. The van der Waals surface area contributed by atoms with Crippen molar-refractivity contribution in [1.29, 1.82) is 0 Å². The van der Waals surface area contributed by atoms with Crippen LogP contribution in [0.2, 0.25) is 0 Å². The van der Waals surface area contributed by atoms with Gasteiger partial charge in [-0.25, -0.2) is 0 Å². The molecule has 1 aromatic carbocycles. The van der Waals surface area contributed by atoms with Crippen LogP contribution in [-0.2, 0) is 27.3 Å². The second-order valence-corrected chi connectivity index (χ2v) is 7.55. The van der Waals surface area contributed by atoms with Gasteiger partial charge >= 0.3 is 0 Å². The molecule has 2 rings (SSSR count). The molecule has 0 bridgehead atoms. The van der Waals surface area contributed by atoms with Crippen molar-refractivity contribution < 1.29 is 28.2 Å². The van der Waals surface area contributed by atoms with E-state index >= 15 is 0 Å². The van der Waals surface area contributed by atoms with E-state index in [0.29, 0.717) is 56.3 Å². The van der Waals surface area contributed by atoms with Crippen LogP contribution in [0.25, 0.3) is 0 Å². The molecule has 0 radical (unpaired) electrons. The topological polar surface area (TPSA) is 81.5 Å². The highest BCUT2D eigenvalue weighted by Gasteiger charge is 2.20. The van der Waals surface area contributed by atoms with E-state index in [9.17, 15) is 9.59 Å². The van der Waals surface area contributed by atoms with Gasteiger partial charge < -0.3 is 28.4 Å². The predicted octanol–water partition coefficient (Wildman–Crippen LogP) is 3.06. The monoisotopic (exact) mass is 446 g/mol. The average molecular weight is 447 g/mol. The van der Waals surface area contributed by atoms with Crippen molar-refractivity contribution in [2.75, 3.05) is 47.6 Å². The maximum absolute atomic E-state index is 13.2. The van der Waals surface area contributed by atoms with E-state index in [0.717, 1.165) is 11.3 Å². The van der Waals surface area contributed by atoms with Crippen LogP contribution in [-0.4, -0.2) is 69.2 Å². The smallest absolute Gasteiger partial charge is 0.242 e. The molecule has 0 aliphatic rings. The number of carbonyl (C=O) groups excluding carboxylic acids is 2. The Hall–Kier alpha value is -3.00. The molecule has 0 N–H and O–H groups in total. The Bertz CT molecular complexity index is 879. The zero-order valence-electron chi connectivity index (χ0n) is 19.7. The van der Waals surface area contributed by atoms with Crippen molar-refractivity contribution in [2.24, 2.45) is 0 Å². The first kappa shape index (κ1) is 25.3. The van der Waals surface area contributed by atoms with Crippen LogP contribution in [0.3, 0.4) is 0 Å². The molecule has 32 heavy (non-hydrogen) atoms. The molecule has 1 aromatic heterocycles. The van der Waals surface area contributed by atoms with E-state index in [2.05, 4.69) is 0 Å². The second kappa shape index (κ2) is 12.8. The summed E-state index contributed by atoms with van der Waals surface area (Å²) in [6, 6.07) is 9.45. The van der Waals surface area contributed by atoms with Crippen LogP contribution in [0.4, 0.5) is 0 Å². The lowest BCUT2D eigenvalue weighted by atomic mass is 10.1. The Balaban J connectivity index is 2.12. The van der Waals surface area contributed by atoms with Crippen molar-refractivity contribution in [2.45, 2.75) is 33.2 Å². The molecule has 2 amide bonds. The first-order chi connectivity index (χ1) is 15.4. The van der Waals surface area contributed by atoms with E-state index in [1.807, 2.05) is 37.3 Å². The number of furan rings is 1. The van der Waals surface area contributed by atoms with Crippen LogP contribution in [0.1, 0.15) is 30.4 Å². The largest absolute Gasteiger partial charge is 0.493 e. The Kier molecular flexibility index (Phi) is 10.1. The Morgan fingerprint density at radius 2 is 1.72 bits per heavy atom. The van der Waals surface area contributed by atoms with E-state index in [1.165, 1.54) is 6.92 Å². The standard InChI is InChI=1S/C24H34N2O6/c1-18-7-9-21(32-18)16-26(24(28)17-25(19(2)27)12-6-14-29-3)13-11-20-8-10-22(30-4)23(15-20)31-5/h7-10,15H,6,11-14,16-17H2,1-5H3. The van der Waals surface area contributed by atoms with Crippen LogP contribution in [0, 0.1) is 6.92 Å². The summed E-state index contributed by atoms with van der Waals surface area (Å²) in [5.74, 6) is 2.53. The van der Waals surface area contributed by atoms with Crippen LogP contribution in [0.15, 0.2) is 34.7 Å². The normalized spacial score (nSPS) is 10.7. The Morgan fingerprint density at radius 1 is 0.969 bits per heavy atom. The lowest BCUT2D eigenvalue weighted by Crippen LogP contribution is -2.43. The summed E-state index contributed by atoms with van der Waals surface area (Å²) in [5.41, 5.74) is 1.01. The van der Waals surface area contributed by atoms with Crippen molar-refractivity contribution in [3.05, 3.63) is 47.4 Å². The van der Waals surface area contributed by atoms with E-state index < -0.39 is 0 Å². The van der Waals surface area contributed by atoms with Gasteiger partial charge in [0.2, 0.25) is 11.8 Å². The predicted molar refractivity (Wildman–Crippen MR) is 121 cm³/mol. The number of rotatable bonds is 13. The third-order valence-corrected chi connectivity index (χ3v) is 5.16. The van der Waals surface area contributed by atoms with Gasteiger partial charge in [0.1, 0.15) is 11.5 Å². The number of amides is 2. The fourth-order valence-electron chi connectivity index (χ4n) is 3.36. The molecule has 2 aromatic rings. The fraction of sp³-hybridized carbons (Fsp3) is 0.500. The first-order valence-corrected chi connectivity index (χ1v) is 10.7. The fourth-order valence-corrected chi connectivity index (χ4v) is 3.36. The van der Waals surface area contributed by atoms with Gasteiger partial charge in [0.05, 0.1) is 27.3 Å². The van der Waals surface area contributed by atoms with Gasteiger partial charge in [-0.15, -0.1) is 0 Å². The van der Waals surface area contributed by atoms with Gasteiger partial charge in [-0.1, -0.05) is 6.07 Å². The number of ether oxygens (including phenoxy) is 3. The van der Waals surface area contributed by atoms with Crippen LogP contribution in [0.5, 0.6) is 11.5 Å². The third-order valence-electron chi connectivity index (χ3n) is 5.16. The quantitative estimate of drug-likeness (QED) is 0.440. The lowest BCUT2D eigenvalue weighted by Gasteiger charge is -2.27. The van der Waals surface area contributed by atoms with Gasteiger partial charge in [-0.05, 0) is 49.6 Å². The molecule has 0 spiro atoms. The van der Waals surface area contributed by atoms with Gasteiger partial charge in [0.15, 0.2) is 11.5 Å². The summed E-state index contributed by atoms with van der Waals surface area (Å²) in [7, 11) is 4.80. The molecular formula is C24H34N2O6. The minimum Gasteiger partial charge on any atom is -0.493 e. The SMILES string of the molecule is COCCCN(CC(=O)N(CCc1ccc(OC)c(OC)c1)Cc1ccc(C)o1)C(C)=O. The molecule has 1 heterocycles. The summed E-state index contributed by atoms with van der Waals surface area (Å²) >= 11 is 0. The molecule has 0 unspecified atom stereocenters. The van der Waals surface area contributed by atoms with E-state index in [-0.39, 0.29) is 18.4 Å². The molecule has 0 saturated carbocycles. The van der Waals surface area contributed by atoms with Crippen molar-refractivity contribution >= 4 is 11.8 Å². The van der Waals surface area contributed by atoms with Gasteiger partial charge in [0, 0.05) is 33.7 Å². The molecule has 8 nitrogen and oxygen atoms in total. The summed E-state index contributed by atoms with van der Waals surface area (Å²) in [6.45, 7) is 5.17. The maximum atomic E-state index is 13.2. The molecule has 0 atom stereocenters. The molecule has 0 aliphatic heterocycles. The third kappa shape index (κ3) is 7.60. The van der Waals surface area contributed by atoms with E-state index in [4.69, 9.17) is 18.6 Å². The molecule has 0 saturated heterocycles. The zero-order valence-corrected chi connectivity index (χ0v) is 19.7. The number of nitrogens with zero attached hydrogens (tertiary/aromatic N) is 2. The first-order valence-electron chi connectivity index (χ1n) is 10.7. The zero-order chi connectivity index (χ0) is 23.5. The highest BCUT2D eigenvalue weighted by Crippen LogP contribution is 2.27. The van der Waals surface area contributed by atoms with Crippen LogP contribution >= 0.6 is 0 Å². The van der Waals surface area contributed by atoms with Crippen LogP contribution < -0.4 is 9.47 Å². The highest BCUT2D eigenvalue weighted by molar-refractivity contribution is 5.83. The number of hydrogen-bond acceptors (Lipinski definition) is 6. The van der Waals surface area contributed by atoms with Gasteiger partial charge in [-0.3, -0.25) is 9.59 Å². The summed E-state index contributed by atoms with van der Waals surface area (Å²) in [4.78, 5) is 28.5. The molecule has 176 valence electrons. The highest BCUT2D eigenvalue weighted by atomic mass is 16.5. The van der Waals surface area contributed by atoms with Crippen molar-refractivity contribution in [3.8, 4) is 11.5 Å². The average Bonchev–Trinajstić information content (AvgIpc) is 3.20. The number of benzene rings is 1. The minimum atomic E-state index is -0.136. The molecule has 0 aliphatic carbocycles. The summed E-state index contributed by atoms with van der Waals surface area (Å²) < 4.78 is 21.4. The number of carbonyl (C=O) groups is 2. The minimum absolute atomic E-state index is 0.0185. The summed E-state index contributed by atoms with van der Waals surface area (Å²) in [6.07, 6.45) is 1.29. The molecule has 0 fully saturated rings. The molecule has 8 heteroatoms. The van der Waals surface area contributed by atoms with Gasteiger partial charge in [0.25, 0.3) is 0 Å². The second-order valence-electron chi connectivity index (χ2n) is 7.55. The number of methoxy groups -OCH3 is 3. The van der Waals surface area contributed by atoms with E-state index in [1.54, 1.807) is 31.1 Å². The van der Waals surface area contributed by atoms with Gasteiger partial charge in [-0.2, -0.15) is 0 Å². The number of hydrogen-bond donors (Lipinski definition) is 0. The van der Waals surface area contributed by atoms with Crippen molar-refractivity contribution in [3.63, 3.8) is 0 Å². The number of aryl methyl sites for hydroxylation is 1. The van der Waals surface area contributed by atoms with Crippen molar-refractivity contribution in [1.82, 2.24) is 9.80 Å². The Labute approximate surface area is 190 Å². The Morgan fingerprint density at radius 3 is 2.31 bits per heavy atom. The molecular weight excluding hydrogens is 412 g/mol. The lowest BCUT2D eigenvalue weighted by molar-refractivity contribution is -0.140.